The van der Waals surface area contributed by atoms with Crippen molar-refractivity contribution in [1.82, 2.24) is 20.4 Å². The Balaban J connectivity index is 1.36. The van der Waals surface area contributed by atoms with E-state index in [1.165, 1.54) is 25.1 Å². The third-order valence-corrected chi connectivity index (χ3v) is 5.52. The molecule has 0 bridgehead atoms. The van der Waals surface area contributed by atoms with Crippen LogP contribution in [0.3, 0.4) is 0 Å². The summed E-state index contributed by atoms with van der Waals surface area (Å²) in [6.07, 6.45) is -3.87. The van der Waals surface area contributed by atoms with Gasteiger partial charge in [0.1, 0.15) is 17.5 Å². The van der Waals surface area contributed by atoms with Gasteiger partial charge in [0.2, 0.25) is 0 Å². The highest BCUT2D eigenvalue weighted by Gasteiger charge is 2.35. The quantitative estimate of drug-likeness (QED) is 0.438. The first-order chi connectivity index (χ1) is 16.7. The molecule has 3 aromatic rings. The number of benzene rings is 1. The lowest BCUT2D eigenvalue weighted by Crippen LogP contribution is -2.39. The topological polar surface area (TPSA) is 103 Å². The van der Waals surface area contributed by atoms with E-state index in [1.807, 2.05) is 11.8 Å². The number of anilines is 1. The first-order valence-electron chi connectivity index (χ1n) is 11.2. The van der Waals surface area contributed by atoms with Crippen molar-refractivity contribution in [2.24, 2.45) is 0 Å². The number of aromatic nitrogens is 4. The van der Waals surface area contributed by atoms with Crippen LogP contribution in [0.1, 0.15) is 50.7 Å². The van der Waals surface area contributed by atoms with Gasteiger partial charge in [-0.15, -0.1) is 20.4 Å². The van der Waals surface area contributed by atoms with Gasteiger partial charge >= 0.3 is 12.1 Å². The predicted molar refractivity (Wildman–Crippen MR) is 117 cm³/mol. The zero-order chi connectivity index (χ0) is 25.0. The maximum Gasteiger partial charge on any atom is 0.419 e. The average molecular weight is 491 g/mol. The number of alkyl halides is 3. The van der Waals surface area contributed by atoms with E-state index < -0.39 is 23.8 Å². The fourth-order valence-corrected chi connectivity index (χ4v) is 3.77. The number of ether oxygens (including phenoxy) is 2. The van der Waals surface area contributed by atoms with E-state index >= 15 is 0 Å². The van der Waals surface area contributed by atoms with Crippen LogP contribution in [-0.4, -0.2) is 45.6 Å². The first-order valence-corrected chi connectivity index (χ1v) is 11.2. The number of halogens is 3. The summed E-state index contributed by atoms with van der Waals surface area (Å²) in [6.45, 7) is 4.24. The molecule has 1 saturated heterocycles. The number of piperidine rings is 1. The molecule has 186 valence electrons. The number of nitrogens with zero attached hydrogens (tertiary/aromatic N) is 5. The molecule has 2 aromatic heterocycles. The zero-order valence-electron chi connectivity index (χ0n) is 19.2. The highest BCUT2D eigenvalue weighted by Crippen LogP contribution is 2.37. The van der Waals surface area contributed by atoms with E-state index in [0.717, 1.165) is 6.07 Å². The lowest BCUT2D eigenvalue weighted by molar-refractivity contribution is -0.148. The van der Waals surface area contributed by atoms with Gasteiger partial charge in [-0.3, -0.25) is 4.79 Å². The largest absolute Gasteiger partial charge is 0.490 e. The Bertz CT molecular complexity index is 1140. The van der Waals surface area contributed by atoms with Crippen molar-refractivity contribution in [3.63, 3.8) is 0 Å². The fraction of sp³-hybridized carbons (Fsp3) is 0.435. The molecule has 3 heterocycles. The standard InChI is InChI=1S/C23H24F3N5O4/c1-3-18(33-14(2)32)22-30-29-21(35-22)17-8-9-20(28-27-17)31-12-10-15(11-13-31)34-19-7-5-4-6-16(19)23(24,25)26/h4-9,15,18H,3,10-13H2,1-2H3. The second-order valence-electron chi connectivity index (χ2n) is 8.03. The number of hydrogen-bond donors (Lipinski definition) is 0. The van der Waals surface area contributed by atoms with E-state index in [0.29, 0.717) is 43.9 Å². The number of rotatable bonds is 7. The van der Waals surface area contributed by atoms with Crippen LogP contribution < -0.4 is 9.64 Å². The third kappa shape index (κ3) is 5.87. The summed E-state index contributed by atoms with van der Waals surface area (Å²) < 4.78 is 56.1. The van der Waals surface area contributed by atoms with Crippen molar-refractivity contribution in [2.45, 2.75) is 51.5 Å². The van der Waals surface area contributed by atoms with Crippen LogP contribution in [-0.2, 0) is 15.7 Å². The van der Waals surface area contributed by atoms with Gasteiger partial charge in [-0.05, 0) is 30.7 Å². The molecular formula is C23H24F3N5O4. The molecule has 35 heavy (non-hydrogen) atoms. The van der Waals surface area contributed by atoms with Crippen molar-refractivity contribution in [3.05, 3.63) is 47.9 Å². The van der Waals surface area contributed by atoms with Gasteiger partial charge < -0.3 is 18.8 Å². The average Bonchev–Trinajstić information content (AvgIpc) is 3.33. The molecule has 0 aliphatic carbocycles. The zero-order valence-corrected chi connectivity index (χ0v) is 19.2. The maximum absolute atomic E-state index is 13.2. The molecule has 1 aliphatic rings. The van der Waals surface area contributed by atoms with Crippen molar-refractivity contribution >= 4 is 11.8 Å². The first kappa shape index (κ1) is 24.4. The molecule has 4 rings (SSSR count). The van der Waals surface area contributed by atoms with Gasteiger partial charge in [-0.1, -0.05) is 19.1 Å². The van der Waals surface area contributed by atoms with Crippen LogP contribution >= 0.6 is 0 Å². The van der Waals surface area contributed by atoms with Crippen molar-refractivity contribution < 1.29 is 31.9 Å². The summed E-state index contributed by atoms with van der Waals surface area (Å²) in [6, 6.07) is 8.69. The van der Waals surface area contributed by atoms with E-state index in [2.05, 4.69) is 20.4 Å². The minimum atomic E-state index is -4.47. The van der Waals surface area contributed by atoms with Gasteiger partial charge in [-0.25, -0.2) is 0 Å². The van der Waals surface area contributed by atoms with E-state index in [1.54, 1.807) is 12.1 Å². The molecule has 0 amide bonds. The molecule has 1 aliphatic heterocycles. The second kappa shape index (κ2) is 10.3. The van der Waals surface area contributed by atoms with Crippen LogP contribution in [0, 0.1) is 0 Å². The van der Waals surface area contributed by atoms with Crippen molar-refractivity contribution in [2.75, 3.05) is 18.0 Å². The molecule has 0 radical (unpaired) electrons. The number of esters is 1. The van der Waals surface area contributed by atoms with Gasteiger partial charge in [0.05, 0.1) is 5.56 Å². The third-order valence-electron chi connectivity index (χ3n) is 5.52. The molecule has 1 fully saturated rings. The molecular weight excluding hydrogens is 467 g/mol. The van der Waals surface area contributed by atoms with Gasteiger partial charge in [0.15, 0.2) is 11.9 Å². The van der Waals surface area contributed by atoms with Crippen molar-refractivity contribution in [3.8, 4) is 17.3 Å². The highest BCUT2D eigenvalue weighted by atomic mass is 19.4. The summed E-state index contributed by atoms with van der Waals surface area (Å²) in [5.41, 5.74) is -0.404. The Kier molecular flexibility index (Phi) is 7.17. The Hall–Kier alpha value is -3.70. The summed E-state index contributed by atoms with van der Waals surface area (Å²) in [5.74, 6) is 0.354. The maximum atomic E-state index is 13.2. The van der Waals surface area contributed by atoms with Crippen LogP contribution in [0.25, 0.3) is 11.6 Å². The molecule has 1 atom stereocenters. The van der Waals surface area contributed by atoms with Gasteiger partial charge in [0, 0.05) is 32.9 Å². The number of para-hydroxylation sites is 1. The number of hydrogen-bond acceptors (Lipinski definition) is 9. The lowest BCUT2D eigenvalue weighted by Gasteiger charge is -2.33. The van der Waals surface area contributed by atoms with Crippen LogP contribution in [0.4, 0.5) is 19.0 Å². The van der Waals surface area contributed by atoms with Crippen molar-refractivity contribution in [1.29, 1.82) is 0 Å². The molecule has 1 aromatic carbocycles. The molecule has 12 heteroatoms. The second-order valence-corrected chi connectivity index (χ2v) is 8.03. The molecule has 9 nitrogen and oxygen atoms in total. The van der Waals surface area contributed by atoms with Gasteiger partial charge in [-0.2, -0.15) is 13.2 Å². The molecule has 0 saturated carbocycles. The molecule has 0 N–H and O–H groups in total. The Morgan fingerprint density at radius 1 is 1.11 bits per heavy atom. The summed E-state index contributed by atoms with van der Waals surface area (Å²) in [7, 11) is 0. The predicted octanol–water partition coefficient (Wildman–Crippen LogP) is 4.61. The van der Waals surface area contributed by atoms with Crippen LogP contribution in [0.2, 0.25) is 0 Å². The van der Waals surface area contributed by atoms with E-state index in [-0.39, 0.29) is 23.6 Å². The number of carbonyl (C=O) groups is 1. The SMILES string of the molecule is CCC(OC(C)=O)c1nnc(-c2ccc(N3CCC(Oc4ccccc4C(F)(F)F)CC3)nn2)o1. The lowest BCUT2D eigenvalue weighted by atomic mass is 10.1. The van der Waals surface area contributed by atoms with Gasteiger partial charge in [0.25, 0.3) is 11.8 Å². The minimum absolute atomic E-state index is 0.152. The summed E-state index contributed by atoms with van der Waals surface area (Å²) in [5, 5.41) is 16.3. The monoisotopic (exact) mass is 491 g/mol. The molecule has 0 spiro atoms. The van der Waals surface area contributed by atoms with E-state index in [4.69, 9.17) is 13.9 Å². The summed E-state index contributed by atoms with van der Waals surface area (Å²) in [4.78, 5) is 13.2. The number of carbonyl (C=O) groups excluding carboxylic acids is 1. The van der Waals surface area contributed by atoms with E-state index in [9.17, 15) is 18.0 Å². The highest BCUT2D eigenvalue weighted by molar-refractivity contribution is 5.66. The summed E-state index contributed by atoms with van der Waals surface area (Å²) >= 11 is 0. The minimum Gasteiger partial charge on any atom is -0.490 e. The smallest absolute Gasteiger partial charge is 0.419 e. The van der Waals surface area contributed by atoms with Crippen LogP contribution in [0.5, 0.6) is 5.75 Å². The fourth-order valence-electron chi connectivity index (χ4n) is 3.77. The van der Waals surface area contributed by atoms with Crippen LogP contribution in [0.15, 0.2) is 40.8 Å². The Morgan fingerprint density at radius 2 is 1.86 bits per heavy atom. The molecule has 1 unspecified atom stereocenters. The Morgan fingerprint density at radius 3 is 2.49 bits per heavy atom. The normalized spacial score (nSPS) is 15.6. The Labute approximate surface area is 199 Å².